The number of H-pyrrole nitrogens is 2. The molecule has 12 nitrogen and oxygen atoms in total. The van der Waals surface area contributed by atoms with Crippen LogP contribution in [0.3, 0.4) is 0 Å². The van der Waals surface area contributed by atoms with Crippen molar-refractivity contribution < 1.29 is 60.0 Å². The van der Waals surface area contributed by atoms with E-state index in [0.717, 1.165) is 33.4 Å². The Morgan fingerprint density at radius 3 is 1.31 bits per heavy atom. The number of allylic oxidation sites excluding steroid dienone is 4. The molecule has 49 heavy (non-hydrogen) atoms. The summed E-state index contributed by atoms with van der Waals surface area (Å²) in [5.74, 6) is -4.81. The Kier molecular flexibility index (Phi) is 11.4. The van der Waals surface area contributed by atoms with E-state index in [0.29, 0.717) is 56.0 Å². The molecule has 0 fully saturated rings. The molecule has 8 bridgehead atoms. The summed E-state index contributed by atoms with van der Waals surface area (Å²) in [4.78, 5) is 62.4. The second-order valence-electron chi connectivity index (χ2n) is 12.1. The first-order valence-electron chi connectivity index (χ1n) is 15.7. The molecule has 3 aromatic rings. The molecule has 13 heteroatoms. The predicted octanol–water partition coefficient (Wildman–Crippen LogP) is 1.22. The average molecular weight is 757 g/mol. The second-order valence-corrected chi connectivity index (χ2v) is 12.1. The van der Waals surface area contributed by atoms with Gasteiger partial charge in [-0.15, -0.1) is 0 Å². The zero-order valence-electron chi connectivity index (χ0n) is 27.4. The fourth-order valence-corrected chi connectivity index (χ4v) is 6.40. The number of hydrogen-bond donors (Lipinski definition) is 2. The molecule has 0 amide bonds. The maximum Gasteiger partial charge on any atom is 0.0694 e. The molecule has 260 valence electrons. The Morgan fingerprint density at radius 1 is 0.510 bits per heavy atom. The molecule has 0 aromatic carbocycles. The van der Waals surface area contributed by atoms with E-state index >= 15 is 0 Å². The number of carbonyl (C=O) groups excluding carboxylic acids is 4. The van der Waals surface area contributed by atoms with E-state index in [1.807, 2.05) is 33.8 Å². The van der Waals surface area contributed by atoms with Gasteiger partial charge >= 0.3 is 0 Å². The van der Waals surface area contributed by atoms with E-state index < -0.39 is 23.9 Å². The Labute approximate surface area is 295 Å². The van der Waals surface area contributed by atoms with Gasteiger partial charge in [-0.1, -0.05) is 0 Å². The number of aryl methyl sites for hydroxylation is 4. The maximum absolute atomic E-state index is 11.5. The molecule has 5 heterocycles. The third kappa shape index (κ3) is 8.07. The van der Waals surface area contributed by atoms with Crippen LogP contribution in [0, 0.1) is 13.8 Å². The number of carbonyl (C=O) groups is 4. The van der Waals surface area contributed by atoms with Crippen molar-refractivity contribution in [2.45, 2.75) is 79.1 Å². The minimum Gasteiger partial charge on any atom is -0.550 e. The van der Waals surface area contributed by atoms with Gasteiger partial charge in [0.1, 0.15) is 0 Å². The van der Waals surface area contributed by atoms with Gasteiger partial charge in [-0.3, -0.25) is 0 Å². The SMILES string of the molecule is CC1=C(CCC(=O)[O-])c2cc3nc(cc4[nH]c(cc5[nH]c(cc1n2)c(CCC(=O)[O-])c5C)c(CCC(=O)[O-])c4C)C(CCC(=O)[O-])=C3C.[Pd]. The molecule has 0 atom stereocenters. The number of carboxylic acid groups (broad SMARTS) is 4. The molecule has 2 aliphatic heterocycles. The van der Waals surface area contributed by atoms with Crippen LogP contribution in [0.1, 0.15) is 97.4 Å². The fourth-order valence-electron chi connectivity index (χ4n) is 6.40. The number of nitrogens with zero attached hydrogens (tertiary/aromatic N) is 2. The predicted molar refractivity (Wildman–Crippen MR) is 171 cm³/mol. The van der Waals surface area contributed by atoms with E-state index in [-0.39, 0.29) is 71.8 Å². The molecule has 0 spiro atoms. The summed E-state index contributed by atoms with van der Waals surface area (Å²) in [6.07, 6.45) is -0.243. The number of aromatic amines is 2. The molecular formula is C36H34N4O8Pd-4. The first-order valence-corrected chi connectivity index (χ1v) is 15.7. The standard InChI is InChI=1S/C36H38N4O8.Pd/c1-17-21(5-9-33(41)42)29-14-26-19(3)23(7-11-35(45)46)31(39-26)16-28-20(4)24(8-12-36(47)48)32(40-28)15-27-18(2)22(6-10-34(43)44)30(38-27)13-25(17)37-29;/h13-16,37-38H,5-12H2,1-4H3,(H,41,42)(H,43,44)(H,45,46)(H,47,48);/p-4. The largest absolute Gasteiger partial charge is 0.550 e. The fraction of sp³-hybridized carbons (Fsp3) is 0.333. The van der Waals surface area contributed by atoms with Crippen molar-refractivity contribution >= 4 is 68.2 Å². The minimum absolute atomic E-state index is 0. The minimum atomic E-state index is -1.21. The summed E-state index contributed by atoms with van der Waals surface area (Å²) >= 11 is 0. The van der Waals surface area contributed by atoms with Gasteiger partial charge in [0.25, 0.3) is 0 Å². The van der Waals surface area contributed by atoms with Crippen molar-refractivity contribution in [3.63, 3.8) is 0 Å². The van der Waals surface area contributed by atoms with Crippen LogP contribution < -0.4 is 20.4 Å². The van der Waals surface area contributed by atoms with Gasteiger partial charge in [0.2, 0.25) is 0 Å². The van der Waals surface area contributed by atoms with Gasteiger partial charge in [-0.25, -0.2) is 9.97 Å². The maximum atomic E-state index is 11.5. The van der Waals surface area contributed by atoms with Gasteiger partial charge in [-0.2, -0.15) is 0 Å². The third-order valence-electron chi connectivity index (χ3n) is 9.12. The van der Waals surface area contributed by atoms with Gasteiger partial charge in [0.15, 0.2) is 0 Å². The molecule has 3 aromatic heterocycles. The zero-order valence-corrected chi connectivity index (χ0v) is 29.0. The van der Waals surface area contributed by atoms with Crippen LogP contribution in [0.4, 0.5) is 0 Å². The molecule has 0 radical (unpaired) electrons. The van der Waals surface area contributed by atoms with Crippen molar-refractivity contribution in [1.82, 2.24) is 19.9 Å². The zero-order chi connectivity index (χ0) is 34.9. The number of carboxylic acids is 4. The van der Waals surface area contributed by atoms with Crippen molar-refractivity contribution in [1.29, 1.82) is 0 Å². The van der Waals surface area contributed by atoms with Crippen LogP contribution in [-0.2, 0) is 52.4 Å². The summed E-state index contributed by atoms with van der Waals surface area (Å²) in [5.41, 5.74) is 10.5. The van der Waals surface area contributed by atoms with E-state index in [4.69, 9.17) is 9.97 Å². The van der Waals surface area contributed by atoms with Crippen LogP contribution in [0.2, 0.25) is 0 Å². The summed E-state index contributed by atoms with van der Waals surface area (Å²) in [6.45, 7) is 7.38. The summed E-state index contributed by atoms with van der Waals surface area (Å²) in [6, 6.07) is 7.20. The number of aliphatic carboxylic acids is 4. The summed E-state index contributed by atoms with van der Waals surface area (Å²) < 4.78 is 0. The smallest absolute Gasteiger partial charge is 0.0694 e. The van der Waals surface area contributed by atoms with E-state index in [2.05, 4.69) is 9.97 Å². The molecule has 2 aliphatic rings. The van der Waals surface area contributed by atoms with Crippen molar-refractivity contribution in [3.8, 4) is 0 Å². The van der Waals surface area contributed by atoms with Crippen LogP contribution in [0.25, 0.3) is 44.4 Å². The van der Waals surface area contributed by atoms with Crippen molar-refractivity contribution in [2.24, 2.45) is 0 Å². The number of rotatable bonds is 12. The van der Waals surface area contributed by atoms with Crippen molar-refractivity contribution in [2.75, 3.05) is 0 Å². The van der Waals surface area contributed by atoms with E-state index in [9.17, 15) is 39.6 Å². The molecule has 0 unspecified atom stereocenters. The summed E-state index contributed by atoms with van der Waals surface area (Å²) in [5, 5.41) is 45.9. The topological polar surface area (TPSA) is 218 Å². The molecular weight excluding hydrogens is 723 g/mol. The number of hydrogen-bond acceptors (Lipinski definition) is 10. The second kappa shape index (κ2) is 15.1. The number of nitrogens with one attached hydrogen (secondary N) is 2. The van der Waals surface area contributed by atoms with Crippen LogP contribution in [0.15, 0.2) is 24.3 Å². The van der Waals surface area contributed by atoms with Crippen LogP contribution in [0.5, 0.6) is 0 Å². The van der Waals surface area contributed by atoms with Crippen LogP contribution >= 0.6 is 0 Å². The molecule has 2 N–H and O–H groups in total. The normalized spacial score (nSPS) is 12.7. The van der Waals surface area contributed by atoms with Crippen LogP contribution in [-0.4, -0.2) is 43.8 Å². The van der Waals surface area contributed by atoms with E-state index in [1.165, 1.54) is 0 Å². The molecule has 0 saturated carbocycles. The monoisotopic (exact) mass is 756 g/mol. The third-order valence-corrected chi connectivity index (χ3v) is 9.12. The Hall–Kier alpha value is -4.86. The summed E-state index contributed by atoms with van der Waals surface area (Å²) in [7, 11) is 0. The Morgan fingerprint density at radius 2 is 0.857 bits per heavy atom. The van der Waals surface area contributed by atoms with Gasteiger partial charge in [0.05, 0.1) is 22.8 Å². The number of aromatic nitrogens is 4. The molecule has 5 rings (SSSR count). The molecule has 0 aliphatic carbocycles. The van der Waals surface area contributed by atoms with Gasteiger partial charge < -0.3 is 49.6 Å². The van der Waals surface area contributed by atoms with Crippen molar-refractivity contribution in [3.05, 3.63) is 69.3 Å². The van der Waals surface area contributed by atoms with Gasteiger partial charge in [0, 0.05) is 66.4 Å². The number of fused-ring (bicyclic) bond motifs is 8. The van der Waals surface area contributed by atoms with E-state index in [1.54, 1.807) is 18.2 Å². The Balaban J connectivity index is 0.00000541. The first kappa shape index (κ1) is 37.0. The average Bonchev–Trinajstić information content (AvgIpc) is 3.66. The molecule has 0 saturated heterocycles. The Bertz CT molecular complexity index is 2100. The van der Waals surface area contributed by atoms with Gasteiger partial charge in [-0.05, 0) is 148 Å². The quantitative estimate of drug-likeness (QED) is 0.252. The first-order chi connectivity index (χ1) is 22.7.